The van der Waals surface area contributed by atoms with Gasteiger partial charge in [0.1, 0.15) is 18.5 Å². The van der Waals surface area contributed by atoms with Gasteiger partial charge in [-0.2, -0.15) is 10.1 Å². The van der Waals surface area contributed by atoms with Gasteiger partial charge in [0.15, 0.2) is 11.2 Å². The molecule has 162 valence electrons. The van der Waals surface area contributed by atoms with Crippen LogP contribution in [-0.4, -0.2) is 46.7 Å². The van der Waals surface area contributed by atoms with E-state index in [1.807, 2.05) is 51.1 Å². The highest BCUT2D eigenvalue weighted by Gasteiger charge is 2.22. The van der Waals surface area contributed by atoms with Gasteiger partial charge in [-0.1, -0.05) is 12.1 Å². The third kappa shape index (κ3) is 3.89. The third-order valence-corrected chi connectivity index (χ3v) is 5.01. The van der Waals surface area contributed by atoms with Crippen molar-refractivity contribution in [3.63, 3.8) is 0 Å². The first-order valence-corrected chi connectivity index (χ1v) is 9.85. The quantitative estimate of drug-likeness (QED) is 0.476. The number of nitrogens with one attached hydrogen (secondary N) is 1. The highest BCUT2D eigenvalue weighted by atomic mass is 16.5. The number of aryl methyl sites for hydroxylation is 4. The lowest BCUT2D eigenvalue weighted by Crippen LogP contribution is -2.31. The van der Waals surface area contributed by atoms with Crippen molar-refractivity contribution in [1.82, 2.24) is 28.9 Å². The number of nitrogens with zero attached hydrogens (tertiary/aromatic N) is 5. The van der Waals surface area contributed by atoms with Crippen molar-refractivity contribution in [2.45, 2.75) is 33.4 Å². The maximum absolute atomic E-state index is 12.6. The molecule has 2 N–H and O–H groups in total. The Hall–Kier alpha value is -3.66. The molecule has 0 aliphatic heterocycles. The maximum Gasteiger partial charge on any atom is 0.329 e. The lowest BCUT2D eigenvalue weighted by atomic mass is 10.2. The van der Waals surface area contributed by atoms with E-state index in [1.54, 1.807) is 9.25 Å². The molecular weight excluding hydrogens is 400 g/mol. The molecule has 0 saturated carbocycles. The molecular formula is C21H24N6O4. The van der Waals surface area contributed by atoms with Crippen molar-refractivity contribution in [2.24, 2.45) is 7.05 Å². The van der Waals surface area contributed by atoms with Crippen molar-refractivity contribution in [2.75, 3.05) is 6.61 Å². The largest absolute Gasteiger partial charge is 0.491 e. The Kier molecular flexibility index (Phi) is 5.24. The molecule has 4 rings (SSSR count). The smallest absolute Gasteiger partial charge is 0.329 e. The fourth-order valence-corrected chi connectivity index (χ4v) is 3.55. The van der Waals surface area contributed by atoms with Gasteiger partial charge >= 0.3 is 5.69 Å². The molecule has 0 aliphatic rings. The Morgan fingerprint density at radius 3 is 2.65 bits per heavy atom. The molecule has 0 unspecified atom stereocenters. The van der Waals surface area contributed by atoms with Gasteiger partial charge in [0, 0.05) is 12.7 Å². The van der Waals surface area contributed by atoms with E-state index in [4.69, 9.17) is 4.74 Å². The first-order chi connectivity index (χ1) is 14.7. The van der Waals surface area contributed by atoms with Crippen molar-refractivity contribution in [3.8, 4) is 11.7 Å². The second kappa shape index (κ2) is 7.88. The number of benzene rings is 1. The number of aromatic amines is 1. The van der Waals surface area contributed by atoms with Crippen LogP contribution in [0.5, 0.6) is 5.75 Å². The first kappa shape index (κ1) is 20.6. The van der Waals surface area contributed by atoms with Crippen LogP contribution in [0.1, 0.15) is 17.0 Å². The predicted molar refractivity (Wildman–Crippen MR) is 115 cm³/mol. The van der Waals surface area contributed by atoms with E-state index >= 15 is 0 Å². The van der Waals surface area contributed by atoms with Crippen LogP contribution >= 0.6 is 0 Å². The summed E-state index contributed by atoms with van der Waals surface area (Å²) < 4.78 is 10.1. The monoisotopic (exact) mass is 424 g/mol. The van der Waals surface area contributed by atoms with E-state index in [0.29, 0.717) is 11.7 Å². The van der Waals surface area contributed by atoms with E-state index in [0.717, 1.165) is 17.0 Å². The fourth-order valence-electron chi connectivity index (χ4n) is 3.55. The average molecular weight is 424 g/mol. The summed E-state index contributed by atoms with van der Waals surface area (Å²) in [4.78, 5) is 31.5. The average Bonchev–Trinajstić information content (AvgIpc) is 3.24. The molecule has 10 nitrogen and oxygen atoms in total. The minimum Gasteiger partial charge on any atom is -0.491 e. The summed E-state index contributed by atoms with van der Waals surface area (Å²) in [5, 5.41) is 15.1. The van der Waals surface area contributed by atoms with Gasteiger partial charge in [-0.15, -0.1) is 0 Å². The Labute approximate surface area is 177 Å². The number of aliphatic hydroxyl groups is 1. The number of fused-ring (bicyclic) bond motifs is 1. The molecule has 0 bridgehead atoms. The second-order valence-corrected chi connectivity index (χ2v) is 7.63. The molecule has 3 heterocycles. The van der Waals surface area contributed by atoms with Crippen molar-refractivity contribution >= 4 is 11.2 Å². The van der Waals surface area contributed by atoms with E-state index < -0.39 is 17.4 Å². The molecule has 0 amide bonds. The van der Waals surface area contributed by atoms with Gasteiger partial charge in [0.25, 0.3) is 5.56 Å². The van der Waals surface area contributed by atoms with Crippen LogP contribution in [0.25, 0.3) is 17.1 Å². The van der Waals surface area contributed by atoms with Crippen LogP contribution in [0.2, 0.25) is 0 Å². The van der Waals surface area contributed by atoms with E-state index in [1.165, 1.54) is 11.6 Å². The minimum atomic E-state index is -0.940. The Balaban J connectivity index is 1.75. The number of hydrogen-bond donors (Lipinski definition) is 2. The molecule has 0 fully saturated rings. The van der Waals surface area contributed by atoms with E-state index in [2.05, 4.69) is 15.1 Å². The zero-order valence-electron chi connectivity index (χ0n) is 17.8. The Morgan fingerprint density at radius 2 is 1.97 bits per heavy atom. The number of imidazole rings is 1. The standard InChI is InChI=1S/C21H24N6O4/c1-12-6-5-7-16(8-12)31-11-15(28)10-26-17-18(25(4)21(30)23-19(17)29)22-20(26)27-14(3)9-13(2)24-27/h5-9,15,28H,10-11H2,1-4H3,(H,23,29,30)/t15-/m0/s1. The normalized spacial score (nSPS) is 12.4. The molecule has 4 aromatic rings. The van der Waals surface area contributed by atoms with Gasteiger partial charge in [-0.25, -0.2) is 9.48 Å². The van der Waals surface area contributed by atoms with Gasteiger partial charge in [0.05, 0.1) is 12.2 Å². The molecule has 0 radical (unpaired) electrons. The highest BCUT2D eigenvalue weighted by Crippen LogP contribution is 2.18. The van der Waals surface area contributed by atoms with Gasteiger partial charge in [0.2, 0.25) is 5.95 Å². The van der Waals surface area contributed by atoms with Gasteiger partial charge < -0.3 is 9.84 Å². The second-order valence-electron chi connectivity index (χ2n) is 7.63. The number of aromatic nitrogens is 6. The molecule has 10 heteroatoms. The lowest BCUT2D eigenvalue weighted by Gasteiger charge is -2.16. The number of aliphatic hydroxyl groups excluding tert-OH is 1. The van der Waals surface area contributed by atoms with Crippen molar-refractivity contribution in [1.29, 1.82) is 0 Å². The summed E-state index contributed by atoms with van der Waals surface area (Å²) in [7, 11) is 1.53. The van der Waals surface area contributed by atoms with Crippen LogP contribution in [0, 0.1) is 20.8 Å². The summed E-state index contributed by atoms with van der Waals surface area (Å²) in [6.07, 6.45) is -0.940. The summed E-state index contributed by atoms with van der Waals surface area (Å²) in [5.41, 5.74) is 1.88. The number of ether oxygens (including phenoxy) is 1. The van der Waals surface area contributed by atoms with Crippen LogP contribution in [0.15, 0.2) is 39.9 Å². The molecule has 31 heavy (non-hydrogen) atoms. The fraction of sp³-hybridized carbons (Fsp3) is 0.333. The molecule has 0 aliphatic carbocycles. The Bertz CT molecular complexity index is 1380. The summed E-state index contributed by atoms with van der Waals surface area (Å²) in [6, 6.07) is 9.40. The summed E-state index contributed by atoms with van der Waals surface area (Å²) in [5.74, 6) is 0.982. The van der Waals surface area contributed by atoms with E-state index in [9.17, 15) is 14.7 Å². The highest BCUT2D eigenvalue weighted by molar-refractivity contribution is 5.72. The topological polar surface area (TPSA) is 120 Å². The Morgan fingerprint density at radius 1 is 1.19 bits per heavy atom. The molecule has 1 atom stereocenters. The SMILES string of the molecule is Cc1cccc(OC[C@@H](O)Cn2c(-n3nc(C)cc3C)nc3c2c(=O)[nH]c(=O)n3C)c1. The lowest BCUT2D eigenvalue weighted by molar-refractivity contribution is 0.0932. The predicted octanol–water partition coefficient (Wildman–Crippen LogP) is 0.974. The van der Waals surface area contributed by atoms with Crippen LogP contribution < -0.4 is 16.0 Å². The van der Waals surface area contributed by atoms with Crippen LogP contribution in [-0.2, 0) is 13.6 Å². The molecule has 0 saturated heterocycles. The summed E-state index contributed by atoms with van der Waals surface area (Å²) in [6.45, 7) is 5.71. The third-order valence-electron chi connectivity index (χ3n) is 5.01. The van der Waals surface area contributed by atoms with Gasteiger partial charge in [-0.3, -0.25) is 18.9 Å². The maximum atomic E-state index is 12.6. The number of hydrogen-bond acceptors (Lipinski definition) is 6. The number of rotatable bonds is 6. The minimum absolute atomic E-state index is 0.0172. The molecule has 1 aromatic carbocycles. The molecule has 3 aromatic heterocycles. The number of H-pyrrole nitrogens is 1. The van der Waals surface area contributed by atoms with Gasteiger partial charge in [-0.05, 0) is 44.5 Å². The molecule has 0 spiro atoms. The summed E-state index contributed by atoms with van der Waals surface area (Å²) >= 11 is 0. The van der Waals surface area contributed by atoms with E-state index in [-0.39, 0.29) is 24.3 Å². The van der Waals surface area contributed by atoms with Crippen molar-refractivity contribution < 1.29 is 9.84 Å². The first-order valence-electron chi connectivity index (χ1n) is 9.85. The zero-order valence-corrected chi connectivity index (χ0v) is 17.8. The van der Waals surface area contributed by atoms with Crippen molar-refractivity contribution in [3.05, 3.63) is 68.1 Å². The van der Waals surface area contributed by atoms with Crippen LogP contribution in [0.3, 0.4) is 0 Å². The zero-order chi connectivity index (χ0) is 22.3. The van der Waals surface area contributed by atoms with Crippen LogP contribution in [0.4, 0.5) is 0 Å².